The van der Waals surface area contributed by atoms with Gasteiger partial charge in [0.1, 0.15) is 0 Å². The van der Waals surface area contributed by atoms with Crippen LogP contribution < -0.4 is 0 Å². The quantitative estimate of drug-likeness (QED) is 0.608. The SMILES string of the molecule is CCC1CN(C(=O)C(C)(C)CC)CCC1=NO. The molecule has 1 aliphatic rings. The molecule has 1 heterocycles. The van der Waals surface area contributed by atoms with Crippen molar-refractivity contribution in [2.75, 3.05) is 13.1 Å². The van der Waals surface area contributed by atoms with E-state index in [1.807, 2.05) is 25.7 Å². The first-order valence-electron chi connectivity index (χ1n) is 6.46. The summed E-state index contributed by atoms with van der Waals surface area (Å²) in [5.41, 5.74) is 0.553. The van der Waals surface area contributed by atoms with E-state index < -0.39 is 0 Å². The first-order chi connectivity index (χ1) is 7.96. The smallest absolute Gasteiger partial charge is 0.228 e. The Hall–Kier alpha value is -1.06. The van der Waals surface area contributed by atoms with Crippen molar-refractivity contribution in [1.29, 1.82) is 0 Å². The van der Waals surface area contributed by atoms with Crippen molar-refractivity contribution in [1.82, 2.24) is 4.90 Å². The van der Waals surface area contributed by atoms with E-state index in [1.54, 1.807) is 0 Å². The van der Waals surface area contributed by atoms with Crippen LogP contribution in [-0.2, 0) is 4.79 Å². The highest BCUT2D eigenvalue weighted by atomic mass is 16.4. The van der Waals surface area contributed by atoms with Crippen LogP contribution in [0.3, 0.4) is 0 Å². The number of amides is 1. The van der Waals surface area contributed by atoms with Gasteiger partial charge in [0.25, 0.3) is 0 Å². The van der Waals surface area contributed by atoms with Crippen LogP contribution in [0.2, 0.25) is 0 Å². The third kappa shape index (κ3) is 2.99. The Morgan fingerprint density at radius 2 is 2.18 bits per heavy atom. The van der Waals surface area contributed by atoms with Crippen LogP contribution in [-0.4, -0.2) is 34.8 Å². The number of nitrogens with zero attached hydrogens (tertiary/aromatic N) is 2. The van der Waals surface area contributed by atoms with Crippen molar-refractivity contribution in [3.05, 3.63) is 0 Å². The van der Waals surface area contributed by atoms with Crippen LogP contribution in [0.25, 0.3) is 0 Å². The summed E-state index contributed by atoms with van der Waals surface area (Å²) < 4.78 is 0. The number of carbonyl (C=O) groups excluding carboxylic acids is 1. The van der Waals surface area contributed by atoms with Gasteiger partial charge in [-0.05, 0) is 12.8 Å². The van der Waals surface area contributed by atoms with Crippen molar-refractivity contribution < 1.29 is 10.0 Å². The lowest BCUT2D eigenvalue weighted by atomic mass is 9.86. The second kappa shape index (κ2) is 5.52. The molecule has 1 saturated heterocycles. The molecule has 17 heavy (non-hydrogen) atoms. The number of carbonyl (C=O) groups is 1. The van der Waals surface area contributed by atoms with Gasteiger partial charge in [-0.25, -0.2) is 0 Å². The summed E-state index contributed by atoms with van der Waals surface area (Å²) in [5, 5.41) is 12.3. The number of hydrogen-bond acceptors (Lipinski definition) is 3. The van der Waals surface area contributed by atoms with E-state index in [1.165, 1.54) is 0 Å². The second-order valence-electron chi connectivity index (χ2n) is 5.44. The van der Waals surface area contributed by atoms with E-state index in [0.717, 1.165) is 18.6 Å². The van der Waals surface area contributed by atoms with E-state index in [0.29, 0.717) is 19.5 Å². The molecule has 4 nitrogen and oxygen atoms in total. The second-order valence-corrected chi connectivity index (χ2v) is 5.44. The Morgan fingerprint density at radius 1 is 1.53 bits per heavy atom. The van der Waals surface area contributed by atoms with Crippen molar-refractivity contribution in [3.63, 3.8) is 0 Å². The van der Waals surface area contributed by atoms with Crippen molar-refractivity contribution in [2.45, 2.75) is 47.0 Å². The topological polar surface area (TPSA) is 52.9 Å². The van der Waals surface area contributed by atoms with Gasteiger partial charge in [0.2, 0.25) is 5.91 Å². The molecule has 0 spiro atoms. The van der Waals surface area contributed by atoms with Gasteiger partial charge in [-0.2, -0.15) is 0 Å². The molecule has 4 heteroatoms. The van der Waals surface area contributed by atoms with E-state index in [2.05, 4.69) is 12.1 Å². The van der Waals surface area contributed by atoms with Gasteiger partial charge in [-0.15, -0.1) is 0 Å². The molecule has 1 N–H and O–H groups in total. The lowest BCUT2D eigenvalue weighted by Gasteiger charge is -2.37. The van der Waals surface area contributed by atoms with Crippen molar-refractivity contribution in [2.24, 2.45) is 16.5 Å². The van der Waals surface area contributed by atoms with E-state index in [-0.39, 0.29) is 17.2 Å². The molecule has 0 aliphatic carbocycles. The van der Waals surface area contributed by atoms with Gasteiger partial charge in [-0.3, -0.25) is 4.79 Å². The lowest BCUT2D eigenvalue weighted by Crippen LogP contribution is -2.48. The molecule has 0 bridgehead atoms. The third-order valence-corrected chi connectivity index (χ3v) is 3.92. The highest BCUT2D eigenvalue weighted by Gasteiger charge is 2.34. The highest BCUT2D eigenvalue weighted by molar-refractivity contribution is 5.90. The molecule has 98 valence electrons. The van der Waals surface area contributed by atoms with E-state index >= 15 is 0 Å². The molecule has 1 aliphatic heterocycles. The standard InChI is InChI=1S/C13H24N2O2/c1-5-10-9-15(8-7-11(10)14-17)12(16)13(3,4)6-2/h10,17H,5-9H2,1-4H3. The predicted octanol–water partition coefficient (Wildman–Crippen LogP) is 2.51. The van der Waals surface area contributed by atoms with E-state index in [9.17, 15) is 4.79 Å². The monoisotopic (exact) mass is 240 g/mol. The number of oxime groups is 1. The minimum atomic E-state index is -0.286. The van der Waals surface area contributed by atoms with Gasteiger partial charge in [-0.1, -0.05) is 32.9 Å². The maximum Gasteiger partial charge on any atom is 0.228 e. The minimum absolute atomic E-state index is 0.213. The normalized spacial score (nSPS) is 24.1. The Bertz CT molecular complexity index is 311. The summed E-state index contributed by atoms with van der Waals surface area (Å²) in [5.74, 6) is 0.431. The molecule has 1 fully saturated rings. The Labute approximate surface area is 104 Å². The molecule has 0 radical (unpaired) electrons. The van der Waals surface area contributed by atoms with Crippen LogP contribution in [0, 0.1) is 11.3 Å². The zero-order valence-electron chi connectivity index (χ0n) is 11.4. The van der Waals surface area contributed by atoms with Crippen molar-refractivity contribution in [3.8, 4) is 0 Å². The van der Waals surface area contributed by atoms with Crippen LogP contribution in [0.4, 0.5) is 0 Å². The molecular formula is C13H24N2O2. The van der Waals surface area contributed by atoms with Crippen molar-refractivity contribution >= 4 is 11.6 Å². The van der Waals surface area contributed by atoms with Crippen LogP contribution in [0.15, 0.2) is 5.16 Å². The first kappa shape index (κ1) is 14.0. The third-order valence-electron chi connectivity index (χ3n) is 3.92. The number of piperidine rings is 1. The maximum atomic E-state index is 12.3. The molecule has 0 saturated carbocycles. The lowest BCUT2D eigenvalue weighted by molar-refractivity contribution is -0.141. The van der Waals surface area contributed by atoms with E-state index in [4.69, 9.17) is 5.21 Å². The average Bonchev–Trinajstić information content (AvgIpc) is 2.36. The Morgan fingerprint density at radius 3 is 2.65 bits per heavy atom. The molecule has 0 aromatic carbocycles. The predicted molar refractivity (Wildman–Crippen MR) is 68.3 cm³/mol. The molecular weight excluding hydrogens is 216 g/mol. The van der Waals surface area contributed by atoms with Crippen LogP contribution in [0.5, 0.6) is 0 Å². The summed E-state index contributed by atoms with van der Waals surface area (Å²) >= 11 is 0. The molecule has 1 atom stereocenters. The summed E-state index contributed by atoms with van der Waals surface area (Å²) in [6.07, 6.45) is 2.45. The van der Waals surface area contributed by atoms with Crippen LogP contribution >= 0.6 is 0 Å². The fourth-order valence-corrected chi connectivity index (χ4v) is 2.18. The van der Waals surface area contributed by atoms with Gasteiger partial charge >= 0.3 is 0 Å². The summed E-state index contributed by atoms with van der Waals surface area (Å²) in [4.78, 5) is 14.3. The first-order valence-corrected chi connectivity index (χ1v) is 6.46. The van der Waals surface area contributed by atoms with Crippen LogP contribution in [0.1, 0.15) is 47.0 Å². The zero-order chi connectivity index (χ0) is 13.1. The summed E-state index contributed by atoms with van der Waals surface area (Å²) in [7, 11) is 0. The minimum Gasteiger partial charge on any atom is -0.411 e. The van der Waals surface area contributed by atoms with Gasteiger partial charge in [0.05, 0.1) is 5.71 Å². The molecule has 0 aromatic rings. The van der Waals surface area contributed by atoms with Gasteiger partial charge < -0.3 is 10.1 Å². The van der Waals surface area contributed by atoms with Gasteiger partial charge in [0.15, 0.2) is 0 Å². The number of rotatable bonds is 3. The summed E-state index contributed by atoms with van der Waals surface area (Å²) in [6.45, 7) is 9.46. The maximum absolute atomic E-state index is 12.3. The number of hydrogen-bond donors (Lipinski definition) is 1. The molecule has 1 unspecified atom stereocenters. The fourth-order valence-electron chi connectivity index (χ4n) is 2.18. The number of likely N-dealkylation sites (tertiary alicyclic amines) is 1. The fraction of sp³-hybridized carbons (Fsp3) is 0.846. The highest BCUT2D eigenvalue weighted by Crippen LogP contribution is 2.26. The summed E-state index contributed by atoms with van der Waals surface area (Å²) in [6, 6.07) is 0. The average molecular weight is 240 g/mol. The largest absolute Gasteiger partial charge is 0.411 e. The molecule has 1 amide bonds. The Kier molecular flexibility index (Phi) is 4.54. The Balaban J connectivity index is 2.74. The zero-order valence-corrected chi connectivity index (χ0v) is 11.4. The molecule has 1 rings (SSSR count). The molecule has 0 aromatic heterocycles. The van der Waals surface area contributed by atoms with Gasteiger partial charge in [0, 0.05) is 30.8 Å².